The van der Waals surface area contributed by atoms with Gasteiger partial charge in [-0.3, -0.25) is 0 Å². The number of nitrogens with one attached hydrogen (secondary N) is 1. The molecule has 2 nitrogen and oxygen atoms in total. The summed E-state index contributed by atoms with van der Waals surface area (Å²) in [4.78, 5) is 0. The van der Waals surface area contributed by atoms with E-state index in [9.17, 15) is 4.39 Å². The third kappa shape index (κ3) is 3.38. The molecule has 0 aromatic heterocycles. The molecular formula is C16H17BrFNO. The van der Waals surface area contributed by atoms with Crippen molar-refractivity contribution in [3.05, 3.63) is 57.8 Å². The third-order valence-corrected chi connectivity index (χ3v) is 3.82. The Kier molecular flexibility index (Phi) is 4.78. The van der Waals surface area contributed by atoms with Crippen molar-refractivity contribution in [2.45, 2.75) is 19.9 Å². The van der Waals surface area contributed by atoms with Gasteiger partial charge >= 0.3 is 0 Å². The molecule has 0 aliphatic rings. The van der Waals surface area contributed by atoms with Gasteiger partial charge in [-0.2, -0.15) is 0 Å². The lowest BCUT2D eigenvalue weighted by molar-refractivity contribution is 0.438. The molecule has 0 saturated carbocycles. The van der Waals surface area contributed by atoms with Gasteiger partial charge in [-0.05, 0) is 72.2 Å². The first-order valence-corrected chi connectivity index (χ1v) is 7.21. The fourth-order valence-corrected chi connectivity index (χ4v) is 2.42. The van der Waals surface area contributed by atoms with E-state index in [1.54, 1.807) is 6.07 Å². The molecular weight excluding hydrogens is 321 g/mol. The molecule has 106 valence electrons. The van der Waals surface area contributed by atoms with Crippen molar-refractivity contribution in [2.24, 2.45) is 0 Å². The fraction of sp³-hybridized carbons (Fsp3) is 0.250. The van der Waals surface area contributed by atoms with Gasteiger partial charge in [0.15, 0.2) is 11.6 Å². The van der Waals surface area contributed by atoms with E-state index in [4.69, 9.17) is 4.74 Å². The first kappa shape index (κ1) is 15.0. The van der Waals surface area contributed by atoms with Crippen molar-refractivity contribution in [3.63, 3.8) is 0 Å². The molecule has 0 spiro atoms. The van der Waals surface area contributed by atoms with Gasteiger partial charge in [0.1, 0.15) is 5.75 Å². The topological polar surface area (TPSA) is 21.3 Å². The minimum atomic E-state index is -0.364. The van der Waals surface area contributed by atoms with Crippen LogP contribution < -0.4 is 10.1 Å². The number of hydrogen-bond acceptors (Lipinski definition) is 2. The van der Waals surface area contributed by atoms with E-state index in [1.165, 1.54) is 6.07 Å². The van der Waals surface area contributed by atoms with Crippen molar-refractivity contribution in [1.29, 1.82) is 0 Å². The summed E-state index contributed by atoms with van der Waals surface area (Å²) in [5, 5.41) is 3.08. The SMILES string of the molecule is CNC(C)c1ccc(Oc2ccc(C)cc2Br)c(F)c1. The minimum Gasteiger partial charge on any atom is -0.453 e. The van der Waals surface area contributed by atoms with Gasteiger partial charge in [-0.15, -0.1) is 0 Å². The van der Waals surface area contributed by atoms with Crippen LogP contribution in [-0.2, 0) is 0 Å². The van der Waals surface area contributed by atoms with Crippen molar-refractivity contribution in [2.75, 3.05) is 7.05 Å². The smallest absolute Gasteiger partial charge is 0.166 e. The molecule has 2 rings (SSSR count). The maximum absolute atomic E-state index is 14.1. The van der Waals surface area contributed by atoms with Crippen LogP contribution in [0.4, 0.5) is 4.39 Å². The Morgan fingerprint density at radius 1 is 1.15 bits per heavy atom. The summed E-state index contributed by atoms with van der Waals surface area (Å²) in [5.74, 6) is 0.461. The lowest BCUT2D eigenvalue weighted by Gasteiger charge is -2.13. The summed E-state index contributed by atoms with van der Waals surface area (Å²) in [5.41, 5.74) is 2.00. The molecule has 0 aliphatic heterocycles. The van der Waals surface area contributed by atoms with Crippen molar-refractivity contribution >= 4 is 15.9 Å². The molecule has 0 saturated heterocycles. The molecule has 4 heteroatoms. The van der Waals surface area contributed by atoms with Crippen LogP contribution in [0.15, 0.2) is 40.9 Å². The van der Waals surface area contributed by atoms with Crippen LogP contribution in [0.1, 0.15) is 24.1 Å². The molecule has 0 fully saturated rings. The van der Waals surface area contributed by atoms with Gasteiger partial charge in [0, 0.05) is 6.04 Å². The van der Waals surface area contributed by atoms with Crippen LogP contribution in [0, 0.1) is 12.7 Å². The molecule has 0 radical (unpaired) electrons. The summed E-state index contributed by atoms with van der Waals surface area (Å²) < 4.78 is 20.5. The first-order chi connectivity index (χ1) is 9.51. The Morgan fingerprint density at radius 2 is 1.85 bits per heavy atom. The van der Waals surface area contributed by atoms with Crippen molar-refractivity contribution in [1.82, 2.24) is 5.32 Å². The maximum atomic E-state index is 14.1. The van der Waals surface area contributed by atoms with E-state index in [-0.39, 0.29) is 17.6 Å². The van der Waals surface area contributed by atoms with Crippen molar-refractivity contribution in [3.8, 4) is 11.5 Å². The second-order valence-corrected chi connectivity index (χ2v) is 5.59. The average molecular weight is 338 g/mol. The summed E-state index contributed by atoms with van der Waals surface area (Å²) in [6, 6.07) is 10.8. The second-order valence-electron chi connectivity index (χ2n) is 4.74. The molecule has 0 amide bonds. The highest BCUT2D eigenvalue weighted by atomic mass is 79.9. The predicted molar refractivity (Wildman–Crippen MR) is 82.8 cm³/mol. The number of halogens is 2. The van der Waals surface area contributed by atoms with Crippen LogP contribution >= 0.6 is 15.9 Å². The predicted octanol–water partition coefficient (Wildman–Crippen LogP) is 4.97. The highest BCUT2D eigenvalue weighted by molar-refractivity contribution is 9.10. The van der Waals surface area contributed by atoms with Crippen LogP contribution in [-0.4, -0.2) is 7.05 Å². The minimum absolute atomic E-state index is 0.102. The molecule has 0 heterocycles. The van der Waals surface area contributed by atoms with Crippen LogP contribution in [0.3, 0.4) is 0 Å². The Balaban J connectivity index is 2.25. The molecule has 2 aromatic rings. The molecule has 0 aliphatic carbocycles. The highest BCUT2D eigenvalue weighted by Crippen LogP contribution is 2.32. The average Bonchev–Trinajstić information content (AvgIpc) is 2.42. The summed E-state index contributed by atoms with van der Waals surface area (Å²) in [6.07, 6.45) is 0. The Morgan fingerprint density at radius 3 is 2.45 bits per heavy atom. The van der Waals surface area contributed by atoms with Gasteiger partial charge in [0.05, 0.1) is 4.47 Å². The van der Waals surface area contributed by atoms with Gasteiger partial charge in [0.2, 0.25) is 0 Å². The second kappa shape index (κ2) is 6.37. The molecule has 0 bridgehead atoms. The van der Waals surface area contributed by atoms with Gasteiger partial charge in [0.25, 0.3) is 0 Å². The van der Waals surface area contributed by atoms with E-state index in [0.717, 1.165) is 15.6 Å². The quantitative estimate of drug-likeness (QED) is 0.850. The third-order valence-electron chi connectivity index (χ3n) is 3.20. The van der Waals surface area contributed by atoms with Crippen LogP contribution in [0.2, 0.25) is 0 Å². The zero-order valence-electron chi connectivity index (χ0n) is 11.7. The molecule has 1 N–H and O–H groups in total. The lowest BCUT2D eigenvalue weighted by atomic mass is 10.1. The van der Waals surface area contributed by atoms with Gasteiger partial charge < -0.3 is 10.1 Å². The first-order valence-electron chi connectivity index (χ1n) is 6.42. The number of benzene rings is 2. The summed E-state index contributed by atoms with van der Waals surface area (Å²) >= 11 is 3.42. The molecule has 2 aromatic carbocycles. The van der Waals surface area contributed by atoms with Gasteiger partial charge in [-0.25, -0.2) is 4.39 Å². The summed E-state index contributed by atoms with van der Waals surface area (Å²) in [7, 11) is 1.84. The lowest BCUT2D eigenvalue weighted by Crippen LogP contribution is -2.12. The zero-order chi connectivity index (χ0) is 14.7. The highest BCUT2D eigenvalue weighted by Gasteiger charge is 2.11. The molecule has 1 atom stereocenters. The largest absolute Gasteiger partial charge is 0.453 e. The van der Waals surface area contributed by atoms with E-state index in [0.29, 0.717) is 5.75 Å². The number of aryl methyl sites for hydroxylation is 1. The molecule has 20 heavy (non-hydrogen) atoms. The number of rotatable bonds is 4. The van der Waals surface area contributed by atoms with Gasteiger partial charge in [-0.1, -0.05) is 12.1 Å². The Labute approximate surface area is 127 Å². The van der Waals surface area contributed by atoms with Crippen LogP contribution in [0.25, 0.3) is 0 Å². The van der Waals surface area contributed by atoms with E-state index < -0.39 is 0 Å². The van der Waals surface area contributed by atoms with E-state index in [1.807, 2.05) is 45.2 Å². The number of ether oxygens (including phenoxy) is 1. The number of hydrogen-bond donors (Lipinski definition) is 1. The zero-order valence-corrected chi connectivity index (χ0v) is 13.3. The van der Waals surface area contributed by atoms with E-state index in [2.05, 4.69) is 21.2 Å². The summed E-state index contributed by atoms with van der Waals surface area (Å²) in [6.45, 7) is 3.97. The monoisotopic (exact) mass is 337 g/mol. The fourth-order valence-electron chi connectivity index (χ4n) is 1.84. The Bertz CT molecular complexity index is 615. The van der Waals surface area contributed by atoms with Crippen molar-refractivity contribution < 1.29 is 9.13 Å². The maximum Gasteiger partial charge on any atom is 0.166 e. The Hall–Kier alpha value is -1.39. The van der Waals surface area contributed by atoms with E-state index >= 15 is 0 Å². The standard InChI is InChI=1S/C16H17BrFNO/c1-10-4-6-15(13(17)8-10)20-16-7-5-12(9-14(16)18)11(2)19-3/h4-9,11,19H,1-3H3. The van der Waals surface area contributed by atoms with Crippen LogP contribution in [0.5, 0.6) is 11.5 Å². The molecule has 1 unspecified atom stereocenters. The normalized spacial score (nSPS) is 12.2.